The molecule has 1 saturated carbocycles. The summed E-state index contributed by atoms with van der Waals surface area (Å²) in [6.07, 6.45) is 5.83. The molecule has 0 unspecified atom stereocenters. The van der Waals surface area contributed by atoms with Gasteiger partial charge in [0.05, 0.1) is 0 Å². The van der Waals surface area contributed by atoms with Gasteiger partial charge in [-0.15, -0.1) is 13.2 Å². The Morgan fingerprint density at radius 2 is 1.55 bits per heavy atom. The van der Waals surface area contributed by atoms with Crippen LogP contribution in [0, 0.1) is 29.4 Å². The molecular formula is C27H33F5O. The highest BCUT2D eigenvalue weighted by Crippen LogP contribution is 2.35. The smallest absolute Gasteiger partial charge is 0.403 e. The molecule has 6 heteroatoms. The van der Waals surface area contributed by atoms with Crippen LogP contribution in [0.1, 0.15) is 70.8 Å². The Kier molecular flexibility index (Phi) is 8.77. The van der Waals surface area contributed by atoms with Crippen molar-refractivity contribution in [1.82, 2.24) is 0 Å². The summed E-state index contributed by atoms with van der Waals surface area (Å²) in [7, 11) is 0. The van der Waals surface area contributed by atoms with Crippen LogP contribution >= 0.6 is 0 Å². The lowest BCUT2D eigenvalue weighted by Gasteiger charge is -2.28. The number of halogens is 5. The molecule has 2 aromatic rings. The van der Waals surface area contributed by atoms with Crippen molar-refractivity contribution in [1.29, 1.82) is 0 Å². The van der Waals surface area contributed by atoms with E-state index >= 15 is 0 Å². The largest absolute Gasteiger partial charge is 0.573 e. The predicted molar refractivity (Wildman–Crippen MR) is 121 cm³/mol. The molecule has 3 rings (SSSR count). The van der Waals surface area contributed by atoms with Gasteiger partial charge in [0.2, 0.25) is 0 Å². The van der Waals surface area contributed by atoms with Gasteiger partial charge >= 0.3 is 6.36 Å². The topological polar surface area (TPSA) is 9.23 Å². The molecular weight excluding hydrogens is 435 g/mol. The van der Waals surface area contributed by atoms with Gasteiger partial charge in [-0.1, -0.05) is 77.0 Å². The highest BCUT2D eigenvalue weighted by molar-refractivity contribution is 5.65. The van der Waals surface area contributed by atoms with Gasteiger partial charge in [0.15, 0.2) is 11.6 Å². The molecule has 0 spiro atoms. The van der Waals surface area contributed by atoms with Gasteiger partial charge in [-0.05, 0) is 59.9 Å². The van der Waals surface area contributed by atoms with Crippen molar-refractivity contribution in [3.8, 4) is 16.9 Å². The second kappa shape index (κ2) is 11.3. The lowest BCUT2D eigenvalue weighted by atomic mass is 9.77. The summed E-state index contributed by atoms with van der Waals surface area (Å²) in [4.78, 5) is 0. The van der Waals surface area contributed by atoms with Crippen molar-refractivity contribution < 1.29 is 26.7 Å². The number of hydrogen-bond acceptors (Lipinski definition) is 1. The van der Waals surface area contributed by atoms with Gasteiger partial charge in [-0.3, -0.25) is 0 Å². The Balaban J connectivity index is 1.52. The van der Waals surface area contributed by atoms with Crippen molar-refractivity contribution in [3.63, 3.8) is 0 Å². The first-order chi connectivity index (χ1) is 15.6. The standard InChI is InChI=1S/C27H33F5O/c1-18(2)4-3-5-19-6-8-20(9-7-19)10-11-21-12-14-23(24(28)16-21)22-13-15-26(25(29)17-22)33-27(30,31)32/h12-20H,3-11H2,1-2H3. The van der Waals surface area contributed by atoms with Gasteiger partial charge in [0.25, 0.3) is 0 Å². The summed E-state index contributed by atoms with van der Waals surface area (Å²) in [6, 6.07) is 7.78. The number of ether oxygens (including phenoxy) is 1. The molecule has 1 aliphatic rings. The number of rotatable bonds is 9. The van der Waals surface area contributed by atoms with Crippen LogP contribution < -0.4 is 4.74 Å². The maximum atomic E-state index is 14.7. The average molecular weight is 469 g/mol. The molecule has 0 amide bonds. The summed E-state index contributed by atoms with van der Waals surface area (Å²) in [5.41, 5.74) is 1.20. The van der Waals surface area contributed by atoms with E-state index in [1.165, 1.54) is 57.1 Å². The van der Waals surface area contributed by atoms with Crippen LogP contribution in [0.4, 0.5) is 22.0 Å². The third-order valence-corrected chi connectivity index (χ3v) is 6.70. The first kappa shape index (κ1) is 25.5. The van der Waals surface area contributed by atoms with Crippen LogP contribution in [-0.4, -0.2) is 6.36 Å². The Bertz CT molecular complexity index is 898. The van der Waals surface area contributed by atoms with E-state index < -0.39 is 23.7 Å². The summed E-state index contributed by atoms with van der Waals surface area (Å²) in [5.74, 6) is -0.333. The lowest BCUT2D eigenvalue weighted by molar-refractivity contribution is -0.275. The molecule has 0 saturated heterocycles. The lowest BCUT2D eigenvalue weighted by Crippen LogP contribution is -2.17. The highest BCUT2D eigenvalue weighted by Gasteiger charge is 2.32. The van der Waals surface area contributed by atoms with Crippen LogP contribution in [-0.2, 0) is 6.42 Å². The van der Waals surface area contributed by atoms with E-state index in [4.69, 9.17) is 0 Å². The zero-order valence-electron chi connectivity index (χ0n) is 19.4. The van der Waals surface area contributed by atoms with Crippen LogP contribution in [0.2, 0.25) is 0 Å². The molecule has 0 radical (unpaired) electrons. The Hall–Kier alpha value is -2.11. The third-order valence-electron chi connectivity index (χ3n) is 6.70. The van der Waals surface area contributed by atoms with Crippen LogP contribution in [0.5, 0.6) is 5.75 Å². The van der Waals surface area contributed by atoms with Gasteiger partial charge in [0.1, 0.15) is 5.82 Å². The van der Waals surface area contributed by atoms with E-state index in [0.717, 1.165) is 42.4 Å². The molecule has 182 valence electrons. The maximum Gasteiger partial charge on any atom is 0.573 e. The van der Waals surface area contributed by atoms with E-state index in [0.29, 0.717) is 5.92 Å². The number of benzene rings is 2. The van der Waals surface area contributed by atoms with Gasteiger partial charge in [0, 0.05) is 5.56 Å². The fraction of sp³-hybridized carbons (Fsp3) is 0.556. The molecule has 0 aliphatic heterocycles. The first-order valence-corrected chi connectivity index (χ1v) is 11.9. The van der Waals surface area contributed by atoms with Crippen LogP contribution in [0.15, 0.2) is 36.4 Å². The maximum absolute atomic E-state index is 14.7. The van der Waals surface area contributed by atoms with Crippen molar-refractivity contribution in [3.05, 3.63) is 53.6 Å². The molecule has 0 aromatic heterocycles. The van der Waals surface area contributed by atoms with Gasteiger partial charge in [-0.2, -0.15) is 0 Å². The second-order valence-corrected chi connectivity index (χ2v) is 9.76. The number of hydrogen-bond donors (Lipinski definition) is 0. The summed E-state index contributed by atoms with van der Waals surface area (Å²) >= 11 is 0. The summed E-state index contributed by atoms with van der Waals surface area (Å²) in [6.45, 7) is 4.54. The Labute approximate surface area is 193 Å². The SMILES string of the molecule is CC(C)CCCC1CCC(CCc2ccc(-c3ccc(OC(F)(F)F)c(F)c3)c(F)c2)CC1. The van der Waals surface area contributed by atoms with E-state index in [1.807, 2.05) is 6.07 Å². The van der Waals surface area contributed by atoms with E-state index in [1.54, 1.807) is 6.07 Å². The minimum atomic E-state index is -4.98. The highest BCUT2D eigenvalue weighted by atomic mass is 19.4. The van der Waals surface area contributed by atoms with Crippen LogP contribution in [0.25, 0.3) is 11.1 Å². The molecule has 1 fully saturated rings. The van der Waals surface area contributed by atoms with Crippen molar-refractivity contribution >= 4 is 0 Å². The zero-order chi connectivity index (χ0) is 24.0. The monoisotopic (exact) mass is 468 g/mol. The first-order valence-electron chi connectivity index (χ1n) is 11.9. The predicted octanol–water partition coefficient (Wildman–Crippen LogP) is 9.10. The molecule has 0 N–H and O–H groups in total. The second-order valence-electron chi connectivity index (χ2n) is 9.76. The molecule has 33 heavy (non-hydrogen) atoms. The quantitative estimate of drug-likeness (QED) is 0.334. The Morgan fingerprint density at radius 1 is 0.879 bits per heavy atom. The van der Waals surface area contributed by atoms with E-state index in [-0.39, 0.29) is 11.1 Å². The molecule has 0 bridgehead atoms. The molecule has 0 heterocycles. The summed E-state index contributed by atoms with van der Waals surface area (Å²) < 4.78 is 69.2. The van der Waals surface area contributed by atoms with Crippen LogP contribution in [0.3, 0.4) is 0 Å². The zero-order valence-corrected chi connectivity index (χ0v) is 19.4. The van der Waals surface area contributed by atoms with Crippen molar-refractivity contribution in [2.45, 2.75) is 78.0 Å². The summed E-state index contributed by atoms with van der Waals surface area (Å²) in [5, 5.41) is 0. The minimum absolute atomic E-state index is 0.151. The van der Waals surface area contributed by atoms with E-state index in [9.17, 15) is 22.0 Å². The van der Waals surface area contributed by atoms with E-state index in [2.05, 4.69) is 18.6 Å². The van der Waals surface area contributed by atoms with Gasteiger partial charge in [-0.25, -0.2) is 8.78 Å². The minimum Gasteiger partial charge on any atom is -0.403 e. The molecule has 0 atom stereocenters. The third kappa shape index (κ3) is 8.01. The molecule has 1 nitrogen and oxygen atoms in total. The normalized spacial score (nSPS) is 19.2. The number of aryl methyl sites for hydroxylation is 1. The molecule has 1 aliphatic carbocycles. The van der Waals surface area contributed by atoms with Crippen molar-refractivity contribution in [2.75, 3.05) is 0 Å². The fourth-order valence-corrected chi connectivity index (χ4v) is 4.82. The molecule has 2 aromatic carbocycles. The number of alkyl halides is 3. The fourth-order valence-electron chi connectivity index (χ4n) is 4.82. The van der Waals surface area contributed by atoms with Crippen molar-refractivity contribution in [2.24, 2.45) is 17.8 Å². The average Bonchev–Trinajstić information content (AvgIpc) is 2.74. The Morgan fingerprint density at radius 3 is 2.12 bits per heavy atom. The van der Waals surface area contributed by atoms with Gasteiger partial charge < -0.3 is 4.74 Å².